The number of pyridine rings is 1. The fourth-order valence-corrected chi connectivity index (χ4v) is 1.29. The number of thioether (sulfide) groups is 1. The van der Waals surface area contributed by atoms with Crippen molar-refractivity contribution in [2.45, 2.75) is 6.18 Å². The van der Waals surface area contributed by atoms with Crippen molar-refractivity contribution in [2.75, 3.05) is 6.26 Å². The van der Waals surface area contributed by atoms with Crippen molar-refractivity contribution in [3.63, 3.8) is 0 Å². The van der Waals surface area contributed by atoms with Gasteiger partial charge in [-0.2, -0.15) is 13.2 Å². The molecule has 0 aromatic carbocycles. The minimum atomic E-state index is -4.61. The number of hydrogen-bond acceptors (Lipinski definition) is 3. The fourth-order valence-electron chi connectivity index (χ4n) is 0.910. The zero-order valence-corrected chi connectivity index (χ0v) is 8.33. The number of nitrogens with one attached hydrogen (secondary N) is 1. The Balaban J connectivity index is 3.21. The van der Waals surface area contributed by atoms with E-state index in [0.717, 1.165) is 17.8 Å². The van der Waals surface area contributed by atoms with Gasteiger partial charge in [0.2, 0.25) is 5.12 Å². The van der Waals surface area contributed by atoms with Gasteiger partial charge in [0.1, 0.15) is 5.69 Å². The van der Waals surface area contributed by atoms with Gasteiger partial charge in [-0.15, -0.1) is 0 Å². The molecule has 0 radical (unpaired) electrons. The Morgan fingerprint density at radius 1 is 1.40 bits per heavy atom. The third-order valence-corrected chi connectivity index (χ3v) is 2.21. The van der Waals surface area contributed by atoms with Crippen molar-refractivity contribution in [1.82, 2.24) is 4.98 Å². The Labute approximate surface area is 86.7 Å². The summed E-state index contributed by atoms with van der Waals surface area (Å²) >= 11 is 0.765. The normalized spacial score (nSPS) is 11.5. The number of rotatable bonds is 1. The van der Waals surface area contributed by atoms with E-state index in [1.165, 1.54) is 6.26 Å². The van der Waals surface area contributed by atoms with Crippen LogP contribution in [0.1, 0.15) is 16.1 Å². The Morgan fingerprint density at radius 2 is 2.00 bits per heavy atom. The molecule has 0 aliphatic heterocycles. The van der Waals surface area contributed by atoms with Gasteiger partial charge in [-0.1, -0.05) is 11.8 Å². The topological polar surface area (TPSA) is 49.9 Å². The molecule has 0 saturated heterocycles. The maximum atomic E-state index is 12.1. The molecule has 0 atom stereocenters. The smallest absolute Gasteiger partial charge is 0.318 e. The quantitative estimate of drug-likeness (QED) is 0.811. The lowest BCUT2D eigenvalue weighted by Gasteiger charge is -2.06. The Morgan fingerprint density at radius 3 is 2.40 bits per heavy atom. The van der Waals surface area contributed by atoms with Crippen LogP contribution in [0, 0.1) is 0 Å². The Bertz CT molecular complexity index is 438. The molecule has 1 heterocycles. The van der Waals surface area contributed by atoms with Crippen LogP contribution < -0.4 is 5.56 Å². The lowest BCUT2D eigenvalue weighted by Crippen LogP contribution is -2.21. The second-order valence-electron chi connectivity index (χ2n) is 2.60. The maximum absolute atomic E-state index is 12.1. The van der Waals surface area contributed by atoms with Crippen molar-refractivity contribution in [1.29, 1.82) is 0 Å². The molecule has 1 rings (SSSR count). The van der Waals surface area contributed by atoms with Gasteiger partial charge in [0, 0.05) is 0 Å². The third kappa shape index (κ3) is 2.62. The second-order valence-corrected chi connectivity index (χ2v) is 3.38. The van der Waals surface area contributed by atoms with E-state index in [2.05, 4.69) is 0 Å². The maximum Gasteiger partial charge on any atom is 0.431 e. The van der Waals surface area contributed by atoms with E-state index in [0.29, 0.717) is 6.07 Å². The minimum absolute atomic E-state index is 0.282. The van der Waals surface area contributed by atoms with Crippen molar-refractivity contribution in [3.05, 3.63) is 33.7 Å². The summed E-state index contributed by atoms with van der Waals surface area (Å²) in [4.78, 5) is 23.8. The molecule has 0 aliphatic rings. The molecule has 0 bridgehead atoms. The summed E-state index contributed by atoms with van der Waals surface area (Å²) in [6.45, 7) is 0. The number of halogens is 3. The van der Waals surface area contributed by atoms with Gasteiger partial charge >= 0.3 is 6.18 Å². The van der Waals surface area contributed by atoms with Crippen molar-refractivity contribution in [3.8, 4) is 0 Å². The number of aromatic nitrogens is 1. The standard InChI is InChI=1S/C8H6F3NO2S/c1-15-7(14)4-2-3-5(8(9,10)11)12-6(4)13/h2-3H,1H3,(H,12,13). The first-order valence-corrected chi connectivity index (χ1v) is 4.97. The first-order chi connectivity index (χ1) is 6.86. The van der Waals surface area contributed by atoms with Gasteiger partial charge in [-0.3, -0.25) is 9.59 Å². The average Bonchev–Trinajstić information content (AvgIpc) is 2.15. The summed E-state index contributed by atoms with van der Waals surface area (Å²) in [6, 6.07) is 1.55. The van der Waals surface area contributed by atoms with E-state index in [9.17, 15) is 22.8 Å². The summed E-state index contributed by atoms with van der Waals surface area (Å²) in [7, 11) is 0. The highest BCUT2D eigenvalue weighted by atomic mass is 32.2. The molecule has 0 amide bonds. The first kappa shape index (κ1) is 11.8. The lowest BCUT2D eigenvalue weighted by molar-refractivity contribution is -0.141. The van der Waals surface area contributed by atoms with Crippen LogP contribution in [-0.2, 0) is 6.18 Å². The van der Waals surface area contributed by atoms with Gasteiger partial charge < -0.3 is 4.98 Å². The molecule has 0 fully saturated rings. The molecule has 3 nitrogen and oxygen atoms in total. The number of H-pyrrole nitrogens is 1. The van der Waals surface area contributed by atoms with Crippen molar-refractivity contribution >= 4 is 16.9 Å². The summed E-state index contributed by atoms with van der Waals surface area (Å²) in [6.07, 6.45) is -3.17. The Hall–Kier alpha value is -1.24. The van der Waals surface area contributed by atoms with Crippen LogP contribution in [0.5, 0.6) is 0 Å². The van der Waals surface area contributed by atoms with Crippen molar-refractivity contribution < 1.29 is 18.0 Å². The van der Waals surface area contributed by atoms with Gasteiger partial charge in [0.05, 0.1) is 5.56 Å². The van der Waals surface area contributed by atoms with Gasteiger partial charge in [-0.25, -0.2) is 0 Å². The van der Waals surface area contributed by atoms with Crippen LogP contribution in [-0.4, -0.2) is 16.4 Å². The molecular formula is C8H6F3NO2S. The molecular weight excluding hydrogens is 231 g/mol. The van der Waals surface area contributed by atoms with E-state index in [-0.39, 0.29) is 5.56 Å². The summed E-state index contributed by atoms with van der Waals surface area (Å²) in [5, 5.41) is -0.565. The zero-order chi connectivity index (χ0) is 11.6. The lowest BCUT2D eigenvalue weighted by atomic mass is 10.2. The highest BCUT2D eigenvalue weighted by Gasteiger charge is 2.32. The predicted octanol–water partition coefficient (Wildman–Crippen LogP) is 1.90. The number of carbonyl (C=O) groups excluding carboxylic acids is 1. The van der Waals surface area contributed by atoms with E-state index < -0.39 is 22.5 Å². The predicted molar refractivity (Wildman–Crippen MR) is 49.9 cm³/mol. The van der Waals surface area contributed by atoms with Crippen LogP contribution in [0.25, 0.3) is 0 Å². The number of carbonyl (C=O) groups is 1. The zero-order valence-electron chi connectivity index (χ0n) is 7.51. The molecule has 0 unspecified atom stereocenters. The van der Waals surface area contributed by atoms with E-state index >= 15 is 0 Å². The summed E-state index contributed by atoms with van der Waals surface area (Å²) < 4.78 is 36.4. The van der Waals surface area contributed by atoms with Gasteiger partial charge in [-0.05, 0) is 18.4 Å². The first-order valence-electron chi connectivity index (χ1n) is 3.75. The summed E-state index contributed by atoms with van der Waals surface area (Å²) in [5.41, 5.74) is -2.47. The number of aromatic amines is 1. The van der Waals surface area contributed by atoms with Gasteiger partial charge in [0.15, 0.2) is 0 Å². The molecule has 0 spiro atoms. The molecule has 1 aromatic rings. The fraction of sp³-hybridized carbons (Fsp3) is 0.250. The molecule has 0 saturated carbocycles. The molecule has 0 aliphatic carbocycles. The molecule has 7 heteroatoms. The number of hydrogen-bond donors (Lipinski definition) is 1. The SMILES string of the molecule is CSC(=O)c1ccc(C(F)(F)F)[nH]c1=O. The van der Waals surface area contributed by atoms with Crippen molar-refractivity contribution in [2.24, 2.45) is 0 Å². The highest BCUT2D eigenvalue weighted by Crippen LogP contribution is 2.26. The van der Waals surface area contributed by atoms with Crippen LogP contribution in [0.4, 0.5) is 13.2 Å². The molecule has 1 aromatic heterocycles. The van der Waals surface area contributed by atoms with E-state index in [1.807, 2.05) is 0 Å². The monoisotopic (exact) mass is 237 g/mol. The molecule has 15 heavy (non-hydrogen) atoms. The third-order valence-electron chi connectivity index (χ3n) is 1.62. The highest BCUT2D eigenvalue weighted by molar-refractivity contribution is 8.13. The van der Waals surface area contributed by atoms with Crippen LogP contribution in [0.2, 0.25) is 0 Å². The summed E-state index contributed by atoms with van der Waals surface area (Å²) in [5.74, 6) is 0. The van der Waals surface area contributed by atoms with Crippen LogP contribution in [0.15, 0.2) is 16.9 Å². The van der Waals surface area contributed by atoms with Gasteiger partial charge in [0.25, 0.3) is 5.56 Å². The number of alkyl halides is 3. The van der Waals surface area contributed by atoms with Crippen LogP contribution in [0.3, 0.4) is 0 Å². The molecule has 82 valence electrons. The molecule has 1 N–H and O–H groups in total. The minimum Gasteiger partial charge on any atom is -0.318 e. The van der Waals surface area contributed by atoms with Crippen LogP contribution >= 0.6 is 11.8 Å². The Kier molecular flexibility index (Phi) is 3.23. The second kappa shape index (κ2) is 4.09. The van der Waals surface area contributed by atoms with E-state index in [4.69, 9.17) is 0 Å². The average molecular weight is 237 g/mol. The largest absolute Gasteiger partial charge is 0.431 e. The van der Waals surface area contributed by atoms with E-state index in [1.54, 1.807) is 4.98 Å².